The van der Waals surface area contributed by atoms with Gasteiger partial charge in [0, 0.05) is 19.7 Å². The molecule has 2 unspecified atom stereocenters. The van der Waals surface area contributed by atoms with Gasteiger partial charge < -0.3 is 25.0 Å². The molecule has 0 saturated carbocycles. The van der Waals surface area contributed by atoms with E-state index in [0.29, 0.717) is 26.3 Å². The van der Waals surface area contributed by atoms with Crippen molar-refractivity contribution in [3.63, 3.8) is 0 Å². The van der Waals surface area contributed by atoms with Crippen molar-refractivity contribution >= 4 is 12.1 Å². The van der Waals surface area contributed by atoms with Crippen molar-refractivity contribution in [1.82, 2.24) is 15.5 Å². The standard InChI is InChI=1S/C11H19N3O4/c1-17-11(16)13-8-2-4-14(6-8)10(15)12-9-3-5-18-7-9/h8-9H,2-7H2,1H3,(H,12,15)(H,13,16). The van der Waals surface area contributed by atoms with Crippen molar-refractivity contribution in [2.75, 3.05) is 33.4 Å². The number of rotatable bonds is 2. The molecule has 0 spiro atoms. The molecule has 2 N–H and O–H groups in total. The van der Waals surface area contributed by atoms with Gasteiger partial charge in [-0.25, -0.2) is 9.59 Å². The Labute approximate surface area is 106 Å². The first-order valence-electron chi connectivity index (χ1n) is 6.16. The van der Waals surface area contributed by atoms with E-state index < -0.39 is 6.09 Å². The molecule has 2 atom stereocenters. The molecular weight excluding hydrogens is 238 g/mol. The van der Waals surface area contributed by atoms with Crippen LogP contribution in [-0.2, 0) is 9.47 Å². The lowest BCUT2D eigenvalue weighted by molar-refractivity contribution is 0.165. The summed E-state index contributed by atoms with van der Waals surface area (Å²) in [4.78, 5) is 24.7. The van der Waals surface area contributed by atoms with Gasteiger partial charge in [0.2, 0.25) is 0 Å². The summed E-state index contributed by atoms with van der Waals surface area (Å²) in [5.74, 6) is 0. The molecule has 0 aliphatic carbocycles. The highest BCUT2D eigenvalue weighted by molar-refractivity contribution is 5.75. The van der Waals surface area contributed by atoms with E-state index in [0.717, 1.165) is 12.8 Å². The minimum absolute atomic E-state index is 0.0250. The summed E-state index contributed by atoms with van der Waals surface area (Å²) in [5, 5.41) is 5.63. The summed E-state index contributed by atoms with van der Waals surface area (Å²) in [7, 11) is 1.33. The number of amides is 3. The fraction of sp³-hybridized carbons (Fsp3) is 0.818. The molecule has 0 aromatic heterocycles. The molecule has 18 heavy (non-hydrogen) atoms. The van der Waals surface area contributed by atoms with Crippen molar-refractivity contribution < 1.29 is 19.1 Å². The van der Waals surface area contributed by atoms with Gasteiger partial charge in [0.1, 0.15) is 0 Å². The number of ether oxygens (including phenoxy) is 2. The van der Waals surface area contributed by atoms with Gasteiger partial charge in [0.25, 0.3) is 0 Å². The van der Waals surface area contributed by atoms with E-state index in [1.54, 1.807) is 4.90 Å². The molecule has 0 aromatic rings. The number of nitrogens with one attached hydrogen (secondary N) is 2. The van der Waals surface area contributed by atoms with E-state index in [1.165, 1.54) is 7.11 Å². The third kappa shape index (κ3) is 3.25. The minimum atomic E-state index is -0.452. The van der Waals surface area contributed by atoms with E-state index in [9.17, 15) is 9.59 Å². The topological polar surface area (TPSA) is 79.9 Å². The minimum Gasteiger partial charge on any atom is -0.453 e. The van der Waals surface area contributed by atoms with Crippen LogP contribution in [-0.4, -0.2) is 62.5 Å². The van der Waals surface area contributed by atoms with Crippen LogP contribution in [0.2, 0.25) is 0 Å². The zero-order chi connectivity index (χ0) is 13.0. The van der Waals surface area contributed by atoms with E-state index in [-0.39, 0.29) is 18.1 Å². The number of carbonyl (C=O) groups excluding carboxylic acids is 2. The molecule has 0 bridgehead atoms. The smallest absolute Gasteiger partial charge is 0.407 e. The van der Waals surface area contributed by atoms with Crippen molar-refractivity contribution in [3.8, 4) is 0 Å². The number of hydrogen-bond acceptors (Lipinski definition) is 4. The summed E-state index contributed by atoms with van der Waals surface area (Å²) in [5.41, 5.74) is 0. The first kappa shape index (κ1) is 12.9. The monoisotopic (exact) mass is 257 g/mol. The molecule has 0 radical (unpaired) electrons. The largest absolute Gasteiger partial charge is 0.453 e. The van der Waals surface area contributed by atoms with Crippen molar-refractivity contribution in [2.24, 2.45) is 0 Å². The number of alkyl carbamates (subject to hydrolysis) is 1. The Kier molecular flexibility index (Phi) is 4.24. The van der Waals surface area contributed by atoms with Gasteiger partial charge in [-0.3, -0.25) is 0 Å². The predicted molar refractivity (Wildman–Crippen MR) is 63.3 cm³/mol. The number of nitrogens with zero attached hydrogens (tertiary/aromatic N) is 1. The average molecular weight is 257 g/mol. The van der Waals surface area contributed by atoms with Crippen molar-refractivity contribution in [2.45, 2.75) is 24.9 Å². The Morgan fingerprint density at radius 3 is 2.78 bits per heavy atom. The molecule has 2 aliphatic heterocycles. The molecule has 2 aliphatic rings. The summed E-state index contributed by atoms with van der Waals surface area (Å²) >= 11 is 0. The second kappa shape index (κ2) is 5.90. The Balaban J connectivity index is 1.73. The van der Waals surface area contributed by atoms with Crippen LogP contribution >= 0.6 is 0 Å². The van der Waals surface area contributed by atoms with E-state index in [2.05, 4.69) is 15.4 Å². The van der Waals surface area contributed by atoms with Gasteiger partial charge in [0.05, 0.1) is 25.8 Å². The Morgan fingerprint density at radius 2 is 2.11 bits per heavy atom. The molecule has 2 fully saturated rings. The van der Waals surface area contributed by atoms with Crippen LogP contribution in [0.4, 0.5) is 9.59 Å². The van der Waals surface area contributed by atoms with Gasteiger partial charge in [0.15, 0.2) is 0 Å². The predicted octanol–water partition coefficient (Wildman–Crippen LogP) is -0.0848. The second-order valence-electron chi connectivity index (χ2n) is 4.58. The van der Waals surface area contributed by atoms with Crippen molar-refractivity contribution in [1.29, 1.82) is 0 Å². The first-order chi connectivity index (χ1) is 8.69. The van der Waals surface area contributed by atoms with Gasteiger partial charge >= 0.3 is 12.1 Å². The van der Waals surface area contributed by atoms with Crippen LogP contribution in [0, 0.1) is 0 Å². The highest BCUT2D eigenvalue weighted by Crippen LogP contribution is 2.11. The molecule has 7 nitrogen and oxygen atoms in total. The average Bonchev–Trinajstić information content (AvgIpc) is 3.00. The van der Waals surface area contributed by atoms with Gasteiger partial charge in [-0.15, -0.1) is 0 Å². The molecule has 2 saturated heterocycles. The zero-order valence-electron chi connectivity index (χ0n) is 10.5. The third-order valence-electron chi connectivity index (χ3n) is 3.24. The number of hydrogen-bond donors (Lipinski definition) is 2. The Bertz CT molecular complexity index is 317. The van der Waals surface area contributed by atoms with Crippen LogP contribution in [0.5, 0.6) is 0 Å². The van der Waals surface area contributed by atoms with E-state index in [1.807, 2.05) is 0 Å². The maximum absolute atomic E-state index is 11.9. The molecular formula is C11H19N3O4. The zero-order valence-corrected chi connectivity index (χ0v) is 10.5. The molecule has 102 valence electrons. The van der Waals surface area contributed by atoms with Crippen molar-refractivity contribution in [3.05, 3.63) is 0 Å². The molecule has 2 rings (SSSR count). The summed E-state index contributed by atoms with van der Waals surface area (Å²) in [6, 6.07) is 0.00723. The fourth-order valence-corrected chi connectivity index (χ4v) is 2.20. The normalized spacial score (nSPS) is 27.1. The van der Waals surface area contributed by atoms with Gasteiger partial charge in [-0.2, -0.15) is 0 Å². The second-order valence-corrected chi connectivity index (χ2v) is 4.58. The van der Waals surface area contributed by atoms with Crippen LogP contribution in [0.15, 0.2) is 0 Å². The van der Waals surface area contributed by atoms with E-state index >= 15 is 0 Å². The summed E-state index contributed by atoms with van der Waals surface area (Å²) in [6.07, 6.45) is 1.17. The maximum Gasteiger partial charge on any atom is 0.407 e. The molecule has 7 heteroatoms. The van der Waals surface area contributed by atoms with Gasteiger partial charge in [-0.05, 0) is 12.8 Å². The fourth-order valence-electron chi connectivity index (χ4n) is 2.20. The summed E-state index contributed by atoms with van der Waals surface area (Å²) in [6.45, 7) is 2.46. The van der Waals surface area contributed by atoms with E-state index in [4.69, 9.17) is 4.74 Å². The highest BCUT2D eigenvalue weighted by atomic mass is 16.5. The third-order valence-corrected chi connectivity index (χ3v) is 3.24. The lowest BCUT2D eigenvalue weighted by Crippen LogP contribution is -2.45. The number of methoxy groups -OCH3 is 1. The number of likely N-dealkylation sites (tertiary alicyclic amines) is 1. The molecule has 3 amide bonds. The van der Waals surface area contributed by atoms with Crippen LogP contribution in [0.3, 0.4) is 0 Å². The van der Waals surface area contributed by atoms with Crippen LogP contribution in [0.1, 0.15) is 12.8 Å². The Morgan fingerprint density at radius 1 is 1.28 bits per heavy atom. The highest BCUT2D eigenvalue weighted by Gasteiger charge is 2.29. The lowest BCUT2D eigenvalue weighted by Gasteiger charge is -2.20. The number of urea groups is 1. The maximum atomic E-state index is 11.9. The lowest BCUT2D eigenvalue weighted by atomic mass is 10.3. The summed E-state index contributed by atoms with van der Waals surface area (Å²) < 4.78 is 9.73. The molecule has 0 aromatic carbocycles. The van der Waals surface area contributed by atoms with Crippen LogP contribution < -0.4 is 10.6 Å². The van der Waals surface area contributed by atoms with Gasteiger partial charge in [-0.1, -0.05) is 0 Å². The first-order valence-corrected chi connectivity index (χ1v) is 6.16. The quantitative estimate of drug-likeness (QED) is 0.725. The Hall–Kier alpha value is -1.50. The SMILES string of the molecule is COC(=O)NC1CCN(C(=O)NC2CCOC2)C1. The van der Waals surface area contributed by atoms with Crippen LogP contribution in [0.25, 0.3) is 0 Å². The molecule has 2 heterocycles. The number of carbonyl (C=O) groups is 2.